The third-order valence-electron chi connectivity index (χ3n) is 4.23. The molecule has 0 unspecified atom stereocenters. The third-order valence-corrected chi connectivity index (χ3v) is 4.46. The third kappa shape index (κ3) is 1.50. The van der Waals surface area contributed by atoms with Crippen LogP contribution in [-0.4, -0.2) is 19.0 Å². The van der Waals surface area contributed by atoms with E-state index in [-0.39, 0.29) is 11.3 Å². The van der Waals surface area contributed by atoms with Crippen LogP contribution in [0.4, 0.5) is 5.69 Å². The van der Waals surface area contributed by atoms with E-state index in [0.717, 1.165) is 36.9 Å². The summed E-state index contributed by atoms with van der Waals surface area (Å²) in [5.74, 6) is 0.225. The van der Waals surface area contributed by atoms with E-state index in [0.29, 0.717) is 18.1 Å². The summed E-state index contributed by atoms with van der Waals surface area (Å²) in [5.41, 5.74) is 7.44. The van der Waals surface area contributed by atoms with Crippen molar-refractivity contribution < 1.29 is 4.79 Å². The number of anilines is 1. The molecule has 1 aliphatic heterocycles. The van der Waals surface area contributed by atoms with Gasteiger partial charge in [0, 0.05) is 23.8 Å². The fourth-order valence-corrected chi connectivity index (χ4v) is 3.59. The molecule has 1 spiro atoms. The lowest BCUT2D eigenvalue weighted by molar-refractivity contribution is -0.123. The van der Waals surface area contributed by atoms with E-state index >= 15 is 0 Å². The van der Waals surface area contributed by atoms with Crippen molar-refractivity contribution in [2.45, 2.75) is 31.1 Å². The monoisotopic (exact) mass is 264 g/mol. The number of halogens is 1. The van der Waals surface area contributed by atoms with E-state index in [2.05, 4.69) is 0 Å². The lowest BCUT2D eigenvalue weighted by Crippen LogP contribution is -2.40. The summed E-state index contributed by atoms with van der Waals surface area (Å²) >= 11 is 6.10. The second-order valence-corrected chi connectivity index (χ2v) is 5.63. The standard InChI is InChI=1S/C14H17ClN2O/c15-10-3-4-12-11(9-10)14(5-1-2-6-14)13(18)17(12)8-7-16/h3-4,9H,1-2,5-8,16H2. The Morgan fingerprint density at radius 1 is 1.33 bits per heavy atom. The highest BCUT2D eigenvalue weighted by Gasteiger charge is 2.51. The van der Waals surface area contributed by atoms with Crippen molar-refractivity contribution in [3.63, 3.8) is 0 Å². The van der Waals surface area contributed by atoms with Gasteiger partial charge in [-0.3, -0.25) is 4.79 Å². The van der Waals surface area contributed by atoms with E-state index in [4.69, 9.17) is 17.3 Å². The topological polar surface area (TPSA) is 46.3 Å². The average Bonchev–Trinajstić information content (AvgIpc) is 2.92. The Hall–Kier alpha value is -1.06. The Balaban J connectivity index is 2.14. The van der Waals surface area contributed by atoms with Gasteiger partial charge in [-0.2, -0.15) is 0 Å². The summed E-state index contributed by atoms with van der Waals surface area (Å²) in [7, 11) is 0. The van der Waals surface area contributed by atoms with Crippen molar-refractivity contribution in [2.24, 2.45) is 5.73 Å². The van der Waals surface area contributed by atoms with Gasteiger partial charge >= 0.3 is 0 Å². The number of benzene rings is 1. The number of rotatable bonds is 2. The predicted octanol–water partition coefficient (Wildman–Crippen LogP) is 2.46. The van der Waals surface area contributed by atoms with Crippen LogP contribution < -0.4 is 10.6 Å². The molecule has 1 aliphatic carbocycles. The van der Waals surface area contributed by atoms with E-state index in [1.165, 1.54) is 0 Å². The Labute approximate surface area is 112 Å². The van der Waals surface area contributed by atoms with Crippen molar-refractivity contribution >= 4 is 23.2 Å². The van der Waals surface area contributed by atoms with Gasteiger partial charge in [0.1, 0.15) is 0 Å². The lowest BCUT2D eigenvalue weighted by Gasteiger charge is -2.23. The maximum absolute atomic E-state index is 12.7. The zero-order chi connectivity index (χ0) is 12.8. The van der Waals surface area contributed by atoms with Gasteiger partial charge in [-0.1, -0.05) is 24.4 Å². The molecule has 2 N–H and O–H groups in total. The molecule has 0 atom stereocenters. The summed E-state index contributed by atoms with van der Waals surface area (Å²) in [4.78, 5) is 14.6. The number of amides is 1. The molecule has 1 fully saturated rings. The van der Waals surface area contributed by atoms with E-state index in [1.54, 1.807) is 0 Å². The van der Waals surface area contributed by atoms with Crippen LogP contribution in [0, 0.1) is 0 Å². The molecule has 0 radical (unpaired) electrons. The van der Waals surface area contributed by atoms with Crippen LogP contribution in [0.15, 0.2) is 18.2 Å². The first-order valence-corrected chi connectivity index (χ1v) is 6.89. The number of carbonyl (C=O) groups excluding carboxylic acids is 1. The minimum absolute atomic E-state index is 0.225. The van der Waals surface area contributed by atoms with Gasteiger partial charge in [0.15, 0.2) is 0 Å². The van der Waals surface area contributed by atoms with Gasteiger partial charge in [0.2, 0.25) is 5.91 Å². The highest BCUT2D eigenvalue weighted by atomic mass is 35.5. The highest BCUT2D eigenvalue weighted by molar-refractivity contribution is 6.31. The summed E-state index contributed by atoms with van der Waals surface area (Å²) < 4.78 is 0. The maximum Gasteiger partial charge on any atom is 0.237 e. The van der Waals surface area contributed by atoms with E-state index < -0.39 is 0 Å². The fourth-order valence-electron chi connectivity index (χ4n) is 3.42. The molecule has 1 amide bonds. The Morgan fingerprint density at radius 3 is 2.72 bits per heavy atom. The number of nitrogens with zero attached hydrogens (tertiary/aromatic N) is 1. The number of fused-ring (bicyclic) bond motifs is 2. The first-order valence-electron chi connectivity index (χ1n) is 6.51. The normalized spacial score (nSPS) is 20.8. The summed E-state index contributed by atoms with van der Waals surface area (Å²) in [5, 5.41) is 0.711. The van der Waals surface area contributed by atoms with Gasteiger partial charge in [-0.05, 0) is 36.6 Å². The molecule has 1 heterocycles. The SMILES string of the molecule is NCCN1C(=O)C2(CCCC2)c2cc(Cl)ccc21. The van der Waals surface area contributed by atoms with Crippen molar-refractivity contribution in [3.05, 3.63) is 28.8 Å². The van der Waals surface area contributed by atoms with Gasteiger partial charge in [-0.15, -0.1) is 0 Å². The quantitative estimate of drug-likeness (QED) is 0.892. The van der Waals surface area contributed by atoms with Crippen LogP contribution in [0.3, 0.4) is 0 Å². The smallest absolute Gasteiger partial charge is 0.237 e. The first kappa shape index (κ1) is 12.0. The molecule has 1 saturated carbocycles. The minimum atomic E-state index is -0.310. The zero-order valence-corrected chi connectivity index (χ0v) is 11.0. The van der Waals surface area contributed by atoms with Crippen molar-refractivity contribution in [1.82, 2.24) is 0 Å². The summed E-state index contributed by atoms with van der Waals surface area (Å²) in [6.07, 6.45) is 4.13. The van der Waals surface area contributed by atoms with Gasteiger partial charge in [0.25, 0.3) is 0 Å². The van der Waals surface area contributed by atoms with Crippen LogP contribution in [0.1, 0.15) is 31.2 Å². The molecular weight excluding hydrogens is 248 g/mol. The lowest BCUT2D eigenvalue weighted by atomic mass is 9.80. The minimum Gasteiger partial charge on any atom is -0.329 e. The fraction of sp³-hybridized carbons (Fsp3) is 0.500. The number of hydrogen-bond acceptors (Lipinski definition) is 2. The van der Waals surface area contributed by atoms with Gasteiger partial charge in [0.05, 0.1) is 5.41 Å². The average molecular weight is 265 g/mol. The van der Waals surface area contributed by atoms with Crippen molar-refractivity contribution in [2.75, 3.05) is 18.0 Å². The second-order valence-electron chi connectivity index (χ2n) is 5.20. The molecule has 96 valence electrons. The second kappa shape index (κ2) is 4.25. The molecule has 3 rings (SSSR count). The number of carbonyl (C=O) groups is 1. The molecule has 2 aliphatic rings. The molecular formula is C14H17ClN2O. The van der Waals surface area contributed by atoms with Crippen LogP contribution in [-0.2, 0) is 10.2 Å². The highest BCUT2D eigenvalue weighted by Crippen LogP contribution is 2.51. The predicted molar refractivity (Wildman–Crippen MR) is 73.0 cm³/mol. The molecule has 1 aromatic carbocycles. The summed E-state index contributed by atoms with van der Waals surface area (Å²) in [6.45, 7) is 1.08. The molecule has 3 nitrogen and oxygen atoms in total. The molecule has 0 bridgehead atoms. The van der Waals surface area contributed by atoms with E-state index in [9.17, 15) is 4.79 Å². The first-order chi connectivity index (χ1) is 8.69. The molecule has 0 aromatic heterocycles. The number of nitrogens with two attached hydrogens (primary N) is 1. The largest absolute Gasteiger partial charge is 0.329 e. The van der Waals surface area contributed by atoms with Crippen molar-refractivity contribution in [3.8, 4) is 0 Å². The summed E-state index contributed by atoms with van der Waals surface area (Å²) in [6, 6.07) is 5.78. The Bertz CT molecular complexity index is 495. The molecule has 18 heavy (non-hydrogen) atoms. The zero-order valence-electron chi connectivity index (χ0n) is 10.3. The van der Waals surface area contributed by atoms with E-state index in [1.807, 2.05) is 23.1 Å². The van der Waals surface area contributed by atoms with Crippen LogP contribution in [0.2, 0.25) is 5.02 Å². The van der Waals surface area contributed by atoms with Crippen LogP contribution >= 0.6 is 11.6 Å². The van der Waals surface area contributed by atoms with Gasteiger partial charge in [-0.25, -0.2) is 0 Å². The molecule has 4 heteroatoms. The van der Waals surface area contributed by atoms with Crippen LogP contribution in [0.25, 0.3) is 0 Å². The Kier molecular flexibility index (Phi) is 2.83. The number of hydrogen-bond donors (Lipinski definition) is 1. The maximum atomic E-state index is 12.7. The van der Waals surface area contributed by atoms with Crippen LogP contribution in [0.5, 0.6) is 0 Å². The Morgan fingerprint density at radius 2 is 2.06 bits per heavy atom. The van der Waals surface area contributed by atoms with Gasteiger partial charge < -0.3 is 10.6 Å². The molecule has 0 saturated heterocycles. The van der Waals surface area contributed by atoms with Crippen molar-refractivity contribution in [1.29, 1.82) is 0 Å². The molecule has 1 aromatic rings.